The van der Waals surface area contributed by atoms with Gasteiger partial charge in [0.25, 0.3) is 5.91 Å². The minimum absolute atomic E-state index is 0.0395. The molecule has 2 rings (SSSR count). The molecule has 0 aliphatic heterocycles. The molecule has 0 bridgehead atoms. The topological polar surface area (TPSA) is 58.2 Å². The van der Waals surface area contributed by atoms with Gasteiger partial charge in [0.15, 0.2) is 0 Å². The third kappa shape index (κ3) is 5.15. The van der Waals surface area contributed by atoms with Crippen LogP contribution in [0.1, 0.15) is 49.2 Å². The van der Waals surface area contributed by atoms with Crippen molar-refractivity contribution < 1.29 is 14.0 Å². The van der Waals surface area contributed by atoms with E-state index < -0.39 is 17.8 Å². The quantitative estimate of drug-likeness (QED) is 0.792. The summed E-state index contributed by atoms with van der Waals surface area (Å²) in [5.74, 6) is -1.07. The standard InChI is InChI=1S/C21H25FN2O2/c1-4-14(2)19(24-20(25)17-10-12-18(22)13-11-17)21(26)23-15(3)16-8-6-5-7-9-16/h5-15,19H,4H2,1-3H3,(H,23,26)(H,24,25)/t14-,15+,19+/m1/s1. The fraction of sp³-hybridized carbons (Fsp3) is 0.333. The summed E-state index contributed by atoms with van der Waals surface area (Å²) >= 11 is 0. The normalized spacial score (nSPS) is 14.2. The van der Waals surface area contributed by atoms with Crippen molar-refractivity contribution in [1.82, 2.24) is 10.6 Å². The van der Waals surface area contributed by atoms with Crippen molar-refractivity contribution >= 4 is 11.8 Å². The van der Waals surface area contributed by atoms with Crippen molar-refractivity contribution in [2.24, 2.45) is 5.92 Å². The van der Waals surface area contributed by atoms with E-state index in [1.807, 2.05) is 51.1 Å². The summed E-state index contributed by atoms with van der Waals surface area (Å²) < 4.78 is 13.0. The summed E-state index contributed by atoms with van der Waals surface area (Å²) in [7, 11) is 0. The highest BCUT2D eigenvalue weighted by atomic mass is 19.1. The summed E-state index contributed by atoms with van der Waals surface area (Å²) in [6, 6.07) is 14.1. The maximum Gasteiger partial charge on any atom is 0.251 e. The van der Waals surface area contributed by atoms with Gasteiger partial charge in [0.05, 0.1) is 6.04 Å². The Morgan fingerprint density at radius 1 is 0.962 bits per heavy atom. The van der Waals surface area contributed by atoms with Crippen molar-refractivity contribution in [3.63, 3.8) is 0 Å². The van der Waals surface area contributed by atoms with Crippen LogP contribution < -0.4 is 10.6 Å². The molecule has 2 aromatic carbocycles. The van der Waals surface area contributed by atoms with Crippen LogP contribution in [0.3, 0.4) is 0 Å². The molecule has 0 heterocycles. The van der Waals surface area contributed by atoms with Crippen molar-refractivity contribution in [3.05, 3.63) is 71.5 Å². The molecule has 0 unspecified atom stereocenters. The summed E-state index contributed by atoms with van der Waals surface area (Å²) in [5.41, 5.74) is 1.32. The molecule has 2 N–H and O–H groups in total. The Balaban J connectivity index is 2.09. The highest BCUT2D eigenvalue weighted by Gasteiger charge is 2.27. The number of halogens is 1. The fourth-order valence-electron chi connectivity index (χ4n) is 2.66. The van der Waals surface area contributed by atoms with Gasteiger partial charge < -0.3 is 10.6 Å². The number of carbonyl (C=O) groups is 2. The SMILES string of the molecule is CC[C@@H](C)[C@H](NC(=O)c1ccc(F)cc1)C(=O)N[C@@H](C)c1ccccc1. The van der Waals surface area contributed by atoms with Crippen LogP contribution in [0.5, 0.6) is 0 Å². The molecular formula is C21H25FN2O2. The predicted octanol–water partition coefficient (Wildman–Crippen LogP) is 3.85. The zero-order valence-electron chi connectivity index (χ0n) is 15.3. The summed E-state index contributed by atoms with van der Waals surface area (Å²) in [6.45, 7) is 5.79. The monoisotopic (exact) mass is 356 g/mol. The second-order valence-electron chi connectivity index (χ2n) is 6.48. The Labute approximate surface area is 153 Å². The molecule has 4 nitrogen and oxygen atoms in total. The van der Waals surface area contributed by atoms with E-state index in [2.05, 4.69) is 10.6 Å². The third-order valence-corrected chi connectivity index (χ3v) is 4.55. The average molecular weight is 356 g/mol. The van der Waals surface area contributed by atoms with E-state index in [9.17, 15) is 14.0 Å². The second-order valence-corrected chi connectivity index (χ2v) is 6.48. The van der Waals surface area contributed by atoms with Gasteiger partial charge in [-0.2, -0.15) is 0 Å². The van der Waals surface area contributed by atoms with E-state index in [4.69, 9.17) is 0 Å². The van der Waals surface area contributed by atoms with Gasteiger partial charge in [0, 0.05) is 5.56 Å². The van der Waals surface area contributed by atoms with Crippen molar-refractivity contribution in [2.75, 3.05) is 0 Å². The number of rotatable bonds is 7. The van der Waals surface area contributed by atoms with Crippen LogP contribution in [0.15, 0.2) is 54.6 Å². The molecule has 2 aromatic rings. The fourth-order valence-corrected chi connectivity index (χ4v) is 2.66. The summed E-state index contributed by atoms with van der Waals surface area (Å²) in [4.78, 5) is 25.2. The Bertz CT molecular complexity index is 731. The zero-order chi connectivity index (χ0) is 19.1. The average Bonchev–Trinajstić information content (AvgIpc) is 2.66. The lowest BCUT2D eigenvalue weighted by molar-refractivity contribution is -0.124. The molecule has 0 radical (unpaired) electrons. The summed E-state index contributed by atoms with van der Waals surface area (Å²) in [6.07, 6.45) is 0.738. The van der Waals surface area contributed by atoms with Crippen LogP contribution >= 0.6 is 0 Å². The molecule has 0 spiro atoms. The van der Waals surface area contributed by atoms with Crippen LogP contribution in [0.2, 0.25) is 0 Å². The number of benzene rings is 2. The Morgan fingerprint density at radius 3 is 2.15 bits per heavy atom. The van der Waals surface area contributed by atoms with Crippen molar-refractivity contribution in [2.45, 2.75) is 39.3 Å². The number of carbonyl (C=O) groups excluding carboxylic acids is 2. The van der Waals surface area contributed by atoms with E-state index in [0.717, 1.165) is 12.0 Å². The number of amides is 2. The third-order valence-electron chi connectivity index (χ3n) is 4.55. The van der Waals surface area contributed by atoms with E-state index in [-0.39, 0.29) is 17.9 Å². The minimum atomic E-state index is -0.663. The highest BCUT2D eigenvalue weighted by molar-refractivity contribution is 5.97. The lowest BCUT2D eigenvalue weighted by Crippen LogP contribution is -2.50. The number of hydrogen-bond donors (Lipinski definition) is 2. The van der Waals surface area contributed by atoms with Gasteiger partial charge in [-0.25, -0.2) is 4.39 Å². The molecule has 138 valence electrons. The second kappa shape index (κ2) is 9.13. The molecule has 0 fully saturated rings. The van der Waals surface area contributed by atoms with Gasteiger partial charge in [-0.15, -0.1) is 0 Å². The first-order chi connectivity index (χ1) is 12.4. The van der Waals surface area contributed by atoms with Crippen LogP contribution in [0.4, 0.5) is 4.39 Å². The van der Waals surface area contributed by atoms with Gasteiger partial charge in [0.1, 0.15) is 11.9 Å². The first-order valence-corrected chi connectivity index (χ1v) is 8.84. The van der Waals surface area contributed by atoms with E-state index in [1.54, 1.807) is 0 Å². The van der Waals surface area contributed by atoms with Crippen molar-refractivity contribution in [1.29, 1.82) is 0 Å². The molecule has 0 aliphatic rings. The predicted molar refractivity (Wildman–Crippen MR) is 100 cm³/mol. The highest BCUT2D eigenvalue weighted by Crippen LogP contribution is 2.15. The molecule has 0 saturated carbocycles. The van der Waals surface area contributed by atoms with E-state index in [1.165, 1.54) is 24.3 Å². The first kappa shape index (κ1) is 19.6. The molecule has 0 aliphatic carbocycles. The Kier molecular flexibility index (Phi) is 6.89. The molecule has 0 aromatic heterocycles. The molecule has 26 heavy (non-hydrogen) atoms. The van der Waals surface area contributed by atoms with Gasteiger partial charge in [0.2, 0.25) is 5.91 Å². The molecule has 5 heteroatoms. The maximum atomic E-state index is 13.0. The van der Waals surface area contributed by atoms with Crippen LogP contribution in [-0.4, -0.2) is 17.9 Å². The minimum Gasteiger partial charge on any atom is -0.348 e. The van der Waals surface area contributed by atoms with Gasteiger partial charge in [-0.3, -0.25) is 9.59 Å². The summed E-state index contributed by atoms with van der Waals surface area (Å²) in [5, 5.41) is 5.75. The van der Waals surface area contributed by atoms with Crippen LogP contribution in [-0.2, 0) is 4.79 Å². The van der Waals surface area contributed by atoms with Crippen molar-refractivity contribution in [3.8, 4) is 0 Å². The van der Waals surface area contributed by atoms with E-state index >= 15 is 0 Å². The van der Waals surface area contributed by atoms with Gasteiger partial charge >= 0.3 is 0 Å². The van der Waals surface area contributed by atoms with Gasteiger partial charge in [-0.05, 0) is 42.7 Å². The number of nitrogens with one attached hydrogen (secondary N) is 2. The molecule has 2 amide bonds. The smallest absolute Gasteiger partial charge is 0.251 e. The maximum absolute atomic E-state index is 13.0. The molecule has 3 atom stereocenters. The Morgan fingerprint density at radius 2 is 1.58 bits per heavy atom. The van der Waals surface area contributed by atoms with Gasteiger partial charge in [-0.1, -0.05) is 50.6 Å². The van der Waals surface area contributed by atoms with Crippen LogP contribution in [0, 0.1) is 11.7 Å². The largest absolute Gasteiger partial charge is 0.348 e. The lowest BCUT2D eigenvalue weighted by atomic mass is 9.97. The zero-order valence-corrected chi connectivity index (χ0v) is 15.3. The number of hydrogen-bond acceptors (Lipinski definition) is 2. The lowest BCUT2D eigenvalue weighted by Gasteiger charge is -2.25. The Hall–Kier alpha value is -2.69. The first-order valence-electron chi connectivity index (χ1n) is 8.84. The molecule has 0 saturated heterocycles. The van der Waals surface area contributed by atoms with Crippen LogP contribution in [0.25, 0.3) is 0 Å². The van der Waals surface area contributed by atoms with E-state index in [0.29, 0.717) is 5.56 Å². The molecular weight excluding hydrogens is 331 g/mol.